The van der Waals surface area contributed by atoms with Gasteiger partial charge in [0.25, 0.3) is 0 Å². The van der Waals surface area contributed by atoms with Gasteiger partial charge in [0.05, 0.1) is 4.88 Å². The van der Waals surface area contributed by atoms with E-state index in [4.69, 9.17) is 0 Å². The third-order valence-electron chi connectivity index (χ3n) is 1.65. The molecule has 0 bridgehead atoms. The number of carbonyl (C=O) groups is 1. The highest BCUT2D eigenvalue weighted by atomic mass is 79.9. The van der Waals surface area contributed by atoms with Crippen LogP contribution in [0.5, 0.6) is 0 Å². The maximum Gasteiger partial charge on any atom is 0.160 e. The molecule has 0 unspecified atom stereocenters. The molecule has 1 rings (SSSR count). The largest absolute Gasteiger partial charge is 0.297 e. The number of rotatable bonds is 4. The third-order valence-corrected chi connectivity index (χ3v) is 3.74. The zero-order valence-electron chi connectivity index (χ0n) is 6.97. The Morgan fingerprint density at radius 1 is 1.67 bits per heavy atom. The average molecular weight is 247 g/mol. The summed E-state index contributed by atoms with van der Waals surface area (Å²) in [6.07, 6.45) is 4.37. The van der Waals surface area contributed by atoms with Crippen LogP contribution in [-0.2, 0) is 6.42 Å². The highest BCUT2D eigenvalue weighted by Gasteiger charge is 2.04. The van der Waals surface area contributed by atoms with Gasteiger partial charge < -0.3 is 0 Å². The minimum atomic E-state index is 0.813. The summed E-state index contributed by atoms with van der Waals surface area (Å²) in [5.41, 5.74) is 0. The molecule has 0 saturated heterocycles. The number of aryl methyl sites for hydroxylation is 1. The first-order valence-electron chi connectivity index (χ1n) is 4.01. The molecule has 0 saturated carbocycles. The van der Waals surface area contributed by atoms with Gasteiger partial charge in [-0.1, -0.05) is 13.3 Å². The summed E-state index contributed by atoms with van der Waals surface area (Å²) in [7, 11) is 0. The van der Waals surface area contributed by atoms with Crippen molar-refractivity contribution in [2.24, 2.45) is 0 Å². The van der Waals surface area contributed by atoms with Crippen LogP contribution in [-0.4, -0.2) is 6.29 Å². The van der Waals surface area contributed by atoms with E-state index in [1.807, 2.05) is 6.07 Å². The monoisotopic (exact) mass is 246 g/mol. The molecular weight excluding hydrogens is 236 g/mol. The molecule has 1 nitrogen and oxygen atoms in total. The fraction of sp³-hybridized carbons (Fsp3) is 0.444. The average Bonchev–Trinajstić information content (AvgIpc) is 2.43. The van der Waals surface area contributed by atoms with Crippen molar-refractivity contribution in [1.29, 1.82) is 0 Å². The highest BCUT2D eigenvalue weighted by molar-refractivity contribution is 9.10. The molecule has 0 fully saturated rings. The highest BCUT2D eigenvalue weighted by Crippen LogP contribution is 2.27. The summed E-state index contributed by atoms with van der Waals surface area (Å²) in [4.78, 5) is 12.5. The zero-order valence-corrected chi connectivity index (χ0v) is 9.37. The minimum absolute atomic E-state index is 0.813. The molecule has 3 heteroatoms. The van der Waals surface area contributed by atoms with Gasteiger partial charge in [0.1, 0.15) is 0 Å². The molecule has 1 heterocycles. The number of halogens is 1. The first kappa shape index (κ1) is 9.93. The molecule has 0 atom stereocenters. The van der Waals surface area contributed by atoms with Gasteiger partial charge >= 0.3 is 0 Å². The van der Waals surface area contributed by atoms with Crippen molar-refractivity contribution in [2.75, 3.05) is 0 Å². The quantitative estimate of drug-likeness (QED) is 0.742. The zero-order chi connectivity index (χ0) is 8.97. The molecule has 66 valence electrons. The molecule has 0 amide bonds. The topological polar surface area (TPSA) is 17.1 Å². The van der Waals surface area contributed by atoms with Crippen molar-refractivity contribution in [3.63, 3.8) is 0 Å². The lowest BCUT2D eigenvalue weighted by atomic mass is 10.2. The minimum Gasteiger partial charge on any atom is -0.297 e. The van der Waals surface area contributed by atoms with Crippen LogP contribution in [0.15, 0.2) is 10.5 Å². The summed E-state index contributed by atoms with van der Waals surface area (Å²) in [6, 6.07) is 1.89. The van der Waals surface area contributed by atoms with Crippen LogP contribution in [0.25, 0.3) is 0 Å². The standard InChI is InChI=1S/C9H11BrOS/c1-2-3-4-9-8(10)5-7(6-11)12-9/h5-6H,2-4H2,1H3. The predicted molar refractivity (Wildman–Crippen MR) is 56.0 cm³/mol. The fourth-order valence-electron chi connectivity index (χ4n) is 0.992. The second-order valence-corrected chi connectivity index (χ2v) is 4.66. The van der Waals surface area contributed by atoms with E-state index in [9.17, 15) is 4.79 Å². The predicted octanol–water partition coefficient (Wildman–Crippen LogP) is 3.67. The number of hydrogen-bond acceptors (Lipinski definition) is 2. The maximum atomic E-state index is 10.4. The normalized spacial score (nSPS) is 10.2. The van der Waals surface area contributed by atoms with Crippen LogP contribution in [0.2, 0.25) is 0 Å². The van der Waals surface area contributed by atoms with Gasteiger partial charge in [0.2, 0.25) is 0 Å². The molecule has 0 N–H and O–H groups in total. The SMILES string of the molecule is CCCCc1sc(C=O)cc1Br. The van der Waals surface area contributed by atoms with E-state index in [1.54, 1.807) is 11.3 Å². The van der Waals surface area contributed by atoms with E-state index < -0.39 is 0 Å². The second kappa shape index (κ2) is 4.77. The van der Waals surface area contributed by atoms with Crippen molar-refractivity contribution in [3.8, 4) is 0 Å². The van der Waals surface area contributed by atoms with Gasteiger partial charge in [-0.25, -0.2) is 0 Å². The Hall–Kier alpha value is -0.150. The lowest BCUT2D eigenvalue weighted by Crippen LogP contribution is -1.78. The molecule has 0 aromatic carbocycles. The fourth-order valence-corrected chi connectivity index (χ4v) is 2.74. The van der Waals surface area contributed by atoms with Gasteiger partial charge in [-0.05, 0) is 34.8 Å². The van der Waals surface area contributed by atoms with Crippen molar-refractivity contribution < 1.29 is 4.79 Å². The number of carbonyl (C=O) groups excluding carboxylic acids is 1. The van der Waals surface area contributed by atoms with E-state index in [0.29, 0.717) is 0 Å². The molecule has 12 heavy (non-hydrogen) atoms. The van der Waals surface area contributed by atoms with Gasteiger partial charge in [0, 0.05) is 9.35 Å². The molecule has 0 aliphatic carbocycles. The van der Waals surface area contributed by atoms with Crippen LogP contribution in [0.1, 0.15) is 34.3 Å². The van der Waals surface area contributed by atoms with E-state index in [0.717, 1.165) is 22.1 Å². The number of hydrogen-bond donors (Lipinski definition) is 0. The first-order valence-corrected chi connectivity index (χ1v) is 5.62. The van der Waals surface area contributed by atoms with Crippen LogP contribution in [0, 0.1) is 0 Å². The van der Waals surface area contributed by atoms with Gasteiger partial charge in [-0.2, -0.15) is 0 Å². The molecule has 0 aliphatic rings. The van der Waals surface area contributed by atoms with E-state index in [2.05, 4.69) is 22.9 Å². The van der Waals surface area contributed by atoms with Crippen molar-refractivity contribution in [3.05, 3.63) is 20.3 Å². The lowest BCUT2D eigenvalue weighted by molar-refractivity contribution is 0.112. The summed E-state index contributed by atoms with van der Waals surface area (Å²) in [5, 5.41) is 0. The van der Waals surface area contributed by atoms with Crippen molar-refractivity contribution >= 4 is 33.6 Å². The lowest BCUT2D eigenvalue weighted by Gasteiger charge is -1.94. The Morgan fingerprint density at radius 3 is 2.92 bits per heavy atom. The Bertz CT molecular complexity index is 267. The maximum absolute atomic E-state index is 10.4. The summed E-state index contributed by atoms with van der Waals surface area (Å²) in [6.45, 7) is 2.17. The van der Waals surface area contributed by atoms with Crippen LogP contribution in [0.4, 0.5) is 0 Å². The van der Waals surface area contributed by atoms with Gasteiger partial charge in [-0.3, -0.25) is 4.79 Å². The van der Waals surface area contributed by atoms with Crippen LogP contribution in [0.3, 0.4) is 0 Å². The Labute approximate surface area is 84.9 Å². The molecule has 1 aromatic rings. The molecule has 1 aromatic heterocycles. The Balaban J connectivity index is 2.70. The Kier molecular flexibility index (Phi) is 3.95. The van der Waals surface area contributed by atoms with E-state index in [-0.39, 0.29) is 0 Å². The molecule has 0 aliphatic heterocycles. The summed E-state index contributed by atoms with van der Waals surface area (Å²) >= 11 is 5.02. The molecule has 0 radical (unpaired) electrons. The van der Waals surface area contributed by atoms with Crippen molar-refractivity contribution in [2.45, 2.75) is 26.2 Å². The first-order chi connectivity index (χ1) is 5.77. The number of unbranched alkanes of at least 4 members (excludes halogenated alkanes) is 1. The van der Waals surface area contributed by atoms with Crippen molar-refractivity contribution in [1.82, 2.24) is 0 Å². The second-order valence-electron chi connectivity index (χ2n) is 2.64. The molecule has 0 spiro atoms. The van der Waals surface area contributed by atoms with Gasteiger partial charge in [0.15, 0.2) is 6.29 Å². The van der Waals surface area contributed by atoms with Crippen LogP contribution < -0.4 is 0 Å². The summed E-state index contributed by atoms with van der Waals surface area (Å²) < 4.78 is 1.09. The Morgan fingerprint density at radius 2 is 2.42 bits per heavy atom. The van der Waals surface area contributed by atoms with Crippen LogP contribution >= 0.6 is 27.3 Å². The smallest absolute Gasteiger partial charge is 0.160 e. The van der Waals surface area contributed by atoms with E-state index in [1.165, 1.54) is 17.7 Å². The number of thiophene rings is 1. The third kappa shape index (κ3) is 2.42. The molecular formula is C9H11BrOS. The van der Waals surface area contributed by atoms with Gasteiger partial charge in [-0.15, -0.1) is 11.3 Å². The number of aldehydes is 1. The summed E-state index contributed by atoms with van der Waals surface area (Å²) in [5.74, 6) is 0. The van der Waals surface area contributed by atoms with E-state index >= 15 is 0 Å².